The van der Waals surface area contributed by atoms with E-state index in [1.54, 1.807) is 0 Å². The van der Waals surface area contributed by atoms with Gasteiger partial charge in [0.05, 0.1) is 5.75 Å². The molecule has 0 radical (unpaired) electrons. The highest BCUT2D eigenvalue weighted by Crippen LogP contribution is 2.26. The summed E-state index contributed by atoms with van der Waals surface area (Å²) in [6.07, 6.45) is 1.65. The molecular formula is C11H21N3OS. The fraction of sp³-hybridized carbons (Fsp3) is 0.818. The van der Waals surface area contributed by atoms with Crippen LogP contribution < -0.4 is 5.73 Å². The maximum atomic E-state index is 5.67. The molecule has 0 saturated heterocycles. The van der Waals surface area contributed by atoms with Gasteiger partial charge in [0.1, 0.15) is 0 Å². The number of aromatic nitrogens is 2. The quantitative estimate of drug-likeness (QED) is 0.860. The normalized spacial score (nSPS) is 14.1. The first-order valence-corrected chi connectivity index (χ1v) is 6.56. The Balaban J connectivity index is 2.39. The zero-order chi connectivity index (χ0) is 12.2. The van der Waals surface area contributed by atoms with Gasteiger partial charge in [-0.3, -0.25) is 0 Å². The molecule has 0 fully saturated rings. The topological polar surface area (TPSA) is 64.9 Å². The van der Waals surface area contributed by atoms with Crippen LogP contribution in [0.15, 0.2) is 4.52 Å². The van der Waals surface area contributed by atoms with Crippen molar-refractivity contribution in [2.24, 2.45) is 5.73 Å². The standard InChI is InChI=1S/C11H21N3OS/c1-8(12)5-6-10-13-9(14-15-10)7-16-11(2,3)4/h8H,5-7,12H2,1-4H3. The Morgan fingerprint density at radius 1 is 1.44 bits per heavy atom. The molecule has 1 heterocycles. The molecule has 0 bridgehead atoms. The van der Waals surface area contributed by atoms with Gasteiger partial charge in [0, 0.05) is 17.2 Å². The molecule has 1 unspecified atom stereocenters. The summed E-state index contributed by atoms with van der Waals surface area (Å²) < 4.78 is 5.38. The van der Waals surface area contributed by atoms with Gasteiger partial charge >= 0.3 is 0 Å². The minimum atomic E-state index is 0.180. The van der Waals surface area contributed by atoms with Gasteiger partial charge in [0.15, 0.2) is 5.82 Å². The SMILES string of the molecule is CC(N)CCc1nc(CSC(C)(C)C)no1. The van der Waals surface area contributed by atoms with E-state index in [1.807, 2.05) is 18.7 Å². The van der Waals surface area contributed by atoms with Crippen LogP contribution in [0.4, 0.5) is 0 Å². The molecule has 0 aromatic carbocycles. The number of nitrogens with two attached hydrogens (primary N) is 1. The number of hydrogen-bond acceptors (Lipinski definition) is 5. The maximum absolute atomic E-state index is 5.67. The predicted molar refractivity (Wildman–Crippen MR) is 67.3 cm³/mol. The first-order chi connectivity index (χ1) is 7.37. The Kier molecular flexibility index (Phi) is 4.80. The molecule has 0 aliphatic heterocycles. The number of thioether (sulfide) groups is 1. The minimum Gasteiger partial charge on any atom is -0.339 e. The Hall–Kier alpha value is -0.550. The predicted octanol–water partition coefficient (Wildman–Crippen LogP) is 2.38. The van der Waals surface area contributed by atoms with E-state index < -0.39 is 0 Å². The van der Waals surface area contributed by atoms with E-state index in [2.05, 4.69) is 30.9 Å². The smallest absolute Gasteiger partial charge is 0.226 e. The molecule has 2 N–H and O–H groups in total. The molecule has 1 rings (SSSR count). The lowest BCUT2D eigenvalue weighted by molar-refractivity contribution is 0.368. The van der Waals surface area contributed by atoms with Crippen molar-refractivity contribution >= 4 is 11.8 Å². The van der Waals surface area contributed by atoms with Gasteiger partial charge in [0.2, 0.25) is 5.89 Å². The number of rotatable bonds is 5. The monoisotopic (exact) mass is 243 g/mol. The highest BCUT2D eigenvalue weighted by atomic mass is 32.2. The van der Waals surface area contributed by atoms with E-state index >= 15 is 0 Å². The lowest BCUT2D eigenvalue weighted by atomic mass is 10.2. The van der Waals surface area contributed by atoms with E-state index in [-0.39, 0.29) is 10.8 Å². The van der Waals surface area contributed by atoms with E-state index in [0.717, 1.165) is 24.4 Å². The maximum Gasteiger partial charge on any atom is 0.226 e. The van der Waals surface area contributed by atoms with Crippen LogP contribution in [0.2, 0.25) is 0 Å². The van der Waals surface area contributed by atoms with Crippen molar-refractivity contribution in [3.8, 4) is 0 Å². The largest absolute Gasteiger partial charge is 0.339 e. The Morgan fingerprint density at radius 3 is 2.69 bits per heavy atom. The third-order valence-corrected chi connectivity index (χ3v) is 3.23. The Labute approximate surface area is 101 Å². The van der Waals surface area contributed by atoms with Gasteiger partial charge in [0.25, 0.3) is 0 Å². The zero-order valence-electron chi connectivity index (χ0n) is 10.5. The average Bonchev–Trinajstić information content (AvgIpc) is 2.58. The third-order valence-electron chi connectivity index (χ3n) is 1.96. The highest BCUT2D eigenvalue weighted by molar-refractivity contribution is 7.99. The molecule has 1 aromatic heterocycles. The molecule has 92 valence electrons. The first kappa shape index (κ1) is 13.5. The van der Waals surface area contributed by atoms with Crippen LogP contribution >= 0.6 is 11.8 Å². The molecule has 16 heavy (non-hydrogen) atoms. The minimum absolute atomic E-state index is 0.180. The van der Waals surface area contributed by atoms with Crippen LogP contribution in [0.5, 0.6) is 0 Å². The van der Waals surface area contributed by atoms with E-state index in [1.165, 1.54) is 0 Å². The molecule has 4 nitrogen and oxygen atoms in total. The van der Waals surface area contributed by atoms with E-state index in [9.17, 15) is 0 Å². The third kappa shape index (κ3) is 5.51. The Morgan fingerprint density at radius 2 is 2.12 bits per heavy atom. The fourth-order valence-corrected chi connectivity index (χ4v) is 1.76. The molecule has 1 aromatic rings. The van der Waals surface area contributed by atoms with Crippen LogP contribution in [0.1, 0.15) is 45.8 Å². The molecule has 1 atom stereocenters. The van der Waals surface area contributed by atoms with Gasteiger partial charge in [-0.15, -0.1) is 11.8 Å². The van der Waals surface area contributed by atoms with Crippen LogP contribution in [-0.4, -0.2) is 20.9 Å². The van der Waals surface area contributed by atoms with Gasteiger partial charge < -0.3 is 10.3 Å². The van der Waals surface area contributed by atoms with Gasteiger partial charge in [-0.2, -0.15) is 4.98 Å². The first-order valence-electron chi connectivity index (χ1n) is 5.58. The molecule has 0 aliphatic carbocycles. The summed E-state index contributed by atoms with van der Waals surface area (Å²) in [5.41, 5.74) is 5.67. The number of hydrogen-bond donors (Lipinski definition) is 1. The highest BCUT2D eigenvalue weighted by Gasteiger charge is 2.13. The average molecular weight is 243 g/mol. The summed E-state index contributed by atoms with van der Waals surface area (Å²) in [5.74, 6) is 2.27. The summed E-state index contributed by atoms with van der Waals surface area (Å²) in [5, 5.41) is 3.95. The molecule has 5 heteroatoms. The van der Waals surface area contributed by atoms with Crippen LogP contribution in [-0.2, 0) is 12.2 Å². The van der Waals surface area contributed by atoms with Gasteiger partial charge in [-0.1, -0.05) is 25.9 Å². The molecular weight excluding hydrogens is 222 g/mol. The van der Waals surface area contributed by atoms with Crippen molar-refractivity contribution in [1.82, 2.24) is 10.1 Å². The Bertz CT molecular complexity index is 317. The van der Waals surface area contributed by atoms with Gasteiger partial charge in [-0.05, 0) is 13.3 Å². The number of aryl methyl sites for hydroxylation is 1. The molecule has 0 amide bonds. The van der Waals surface area contributed by atoms with Crippen LogP contribution in [0, 0.1) is 0 Å². The van der Waals surface area contributed by atoms with E-state index in [4.69, 9.17) is 10.3 Å². The lowest BCUT2D eigenvalue weighted by Crippen LogP contribution is -2.15. The van der Waals surface area contributed by atoms with Crippen LogP contribution in [0.3, 0.4) is 0 Å². The summed E-state index contributed by atoms with van der Waals surface area (Å²) in [6, 6.07) is 0.180. The molecule has 0 aliphatic rings. The second kappa shape index (κ2) is 5.68. The second-order valence-electron chi connectivity index (χ2n) is 5.02. The summed E-state index contributed by atoms with van der Waals surface area (Å²) in [4.78, 5) is 4.33. The number of nitrogens with zero attached hydrogens (tertiary/aromatic N) is 2. The van der Waals surface area contributed by atoms with Crippen molar-refractivity contribution < 1.29 is 4.52 Å². The van der Waals surface area contributed by atoms with Crippen LogP contribution in [0.25, 0.3) is 0 Å². The van der Waals surface area contributed by atoms with Crippen molar-refractivity contribution in [3.63, 3.8) is 0 Å². The second-order valence-corrected chi connectivity index (χ2v) is 6.82. The lowest BCUT2D eigenvalue weighted by Gasteiger charge is -2.15. The molecule has 0 saturated carbocycles. The van der Waals surface area contributed by atoms with Crippen molar-refractivity contribution in [1.29, 1.82) is 0 Å². The zero-order valence-corrected chi connectivity index (χ0v) is 11.3. The summed E-state index contributed by atoms with van der Waals surface area (Å²) in [7, 11) is 0. The van der Waals surface area contributed by atoms with Crippen molar-refractivity contribution in [2.75, 3.05) is 0 Å². The van der Waals surface area contributed by atoms with Crippen molar-refractivity contribution in [3.05, 3.63) is 11.7 Å². The molecule has 0 spiro atoms. The fourth-order valence-electron chi connectivity index (χ4n) is 1.08. The van der Waals surface area contributed by atoms with Gasteiger partial charge in [-0.25, -0.2) is 0 Å². The summed E-state index contributed by atoms with van der Waals surface area (Å²) >= 11 is 1.81. The van der Waals surface area contributed by atoms with E-state index in [0.29, 0.717) is 5.89 Å². The van der Waals surface area contributed by atoms with Crippen molar-refractivity contribution in [2.45, 2.75) is 57.1 Å². The summed E-state index contributed by atoms with van der Waals surface area (Å²) in [6.45, 7) is 8.50.